The highest BCUT2D eigenvalue weighted by atomic mass is 32.2. The van der Waals surface area contributed by atoms with Gasteiger partial charge in [0.05, 0.1) is 11.8 Å². The molecule has 5 atom stereocenters. The number of carbonyl (C=O) groups is 5. The van der Waals surface area contributed by atoms with Gasteiger partial charge in [-0.25, -0.2) is 13.2 Å². The predicted molar refractivity (Wildman–Crippen MR) is 187 cm³/mol. The van der Waals surface area contributed by atoms with Crippen LogP contribution in [-0.4, -0.2) is 104 Å². The SMILES string of the molecule is CNC(=O)C(=O)C(CC1C=C1)NC(=O)[C@@H]1[C@@H](C=C(C)C)CCN1C(=O)[C@@H](NC(=O)N[C@H](CN1CCCS1(=O)=O)C(C)(C)C)C1CCCCC1. The number of urea groups is 1. The average Bonchev–Trinajstić information content (AvgIpc) is 3.66. The van der Waals surface area contributed by atoms with Crippen LogP contribution in [0.4, 0.5) is 4.79 Å². The summed E-state index contributed by atoms with van der Waals surface area (Å²) in [5.74, 6) is -2.78. The monoisotopic (exact) mass is 704 g/mol. The molecule has 2 aliphatic carbocycles. The van der Waals surface area contributed by atoms with E-state index in [1.807, 2.05) is 52.8 Å². The standard InChI is InChI=1S/C35H56N6O7S/c1-22(2)19-25-15-17-41(29(25)31(43)37-26(20-23-13-14-23)30(42)32(44)36-6)33(45)28(24-11-8-7-9-12-24)39-34(46)38-27(35(3,4)5)21-40-16-10-18-49(40,47)48/h13-14,19,23-29H,7-12,15-18,20-21H2,1-6H3,(H,36,44)(H,37,43)(H2,38,39,46)/t25-,26?,27-,28+,29+/m1/s1. The summed E-state index contributed by atoms with van der Waals surface area (Å²) in [6.07, 6.45) is 11.4. The van der Waals surface area contributed by atoms with Crippen LogP contribution in [0, 0.1) is 23.2 Å². The Balaban J connectivity index is 1.58. The van der Waals surface area contributed by atoms with E-state index in [0.717, 1.165) is 37.7 Å². The van der Waals surface area contributed by atoms with Crippen molar-refractivity contribution < 1.29 is 32.4 Å². The molecule has 0 aromatic carbocycles. The molecule has 4 rings (SSSR count). The van der Waals surface area contributed by atoms with E-state index < -0.39 is 63.2 Å². The molecule has 2 aliphatic heterocycles. The number of likely N-dealkylation sites (tertiary alicyclic amines) is 1. The lowest BCUT2D eigenvalue weighted by atomic mass is 9.83. The Kier molecular flexibility index (Phi) is 12.7. The number of nitrogens with one attached hydrogen (secondary N) is 4. The summed E-state index contributed by atoms with van der Waals surface area (Å²) in [7, 11) is -2.02. The molecular weight excluding hydrogens is 648 g/mol. The molecule has 0 aromatic heterocycles. The van der Waals surface area contributed by atoms with Gasteiger partial charge < -0.3 is 26.2 Å². The van der Waals surface area contributed by atoms with Gasteiger partial charge in [-0.05, 0) is 63.2 Å². The van der Waals surface area contributed by atoms with Crippen molar-refractivity contribution in [3.05, 3.63) is 23.8 Å². The van der Waals surface area contributed by atoms with Gasteiger partial charge in [0.2, 0.25) is 27.6 Å². The molecule has 14 heteroatoms. The molecule has 2 heterocycles. The Labute approximate surface area is 291 Å². The molecule has 0 spiro atoms. The van der Waals surface area contributed by atoms with Crippen LogP contribution in [-0.2, 0) is 29.2 Å². The maximum absolute atomic E-state index is 14.6. The lowest BCUT2D eigenvalue weighted by Gasteiger charge is -2.37. The number of Topliss-reactive ketones (excluding diaryl/α,β-unsaturated/α-hetero) is 1. The van der Waals surface area contributed by atoms with Crippen molar-refractivity contribution in [3.8, 4) is 0 Å². The minimum atomic E-state index is -3.38. The van der Waals surface area contributed by atoms with E-state index in [9.17, 15) is 32.4 Å². The first-order valence-corrected chi connectivity index (χ1v) is 19.4. The van der Waals surface area contributed by atoms with E-state index in [1.54, 1.807) is 0 Å². The number of amides is 5. The first kappa shape index (κ1) is 38.5. The van der Waals surface area contributed by atoms with Crippen molar-refractivity contribution in [2.75, 3.05) is 32.4 Å². The van der Waals surface area contributed by atoms with Crippen molar-refractivity contribution in [2.24, 2.45) is 23.2 Å². The zero-order valence-electron chi connectivity index (χ0n) is 29.9. The van der Waals surface area contributed by atoms with E-state index in [0.29, 0.717) is 19.4 Å². The van der Waals surface area contributed by atoms with Gasteiger partial charge in [-0.2, -0.15) is 4.31 Å². The largest absolute Gasteiger partial charge is 0.353 e. The molecule has 1 unspecified atom stereocenters. The average molecular weight is 705 g/mol. The highest BCUT2D eigenvalue weighted by Gasteiger charge is 2.46. The number of hydrogen-bond acceptors (Lipinski definition) is 7. The summed E-state index contributed by atoms with van der Waals surface area (Å²) in [5, 5.41) is 11.1. The summed E-state index contributed by atoms with van der Waals surface area (Å²) in [5.41, 5.74) is 0.501. The molecule has 49 heavy (non-hydrogen) atoms. The first-order chi connectivity index (χ1) is 23.0. The van der Waals surface area contributed by atoms with Crippen LogP contribution in [0.25, 0.3) is 0 Å². The number of hydrogen-bond donors (Lipinski definition) is 4. The maximum Gasteiger partial charge on any atom is 0.315 e. The summed E-state index contributed by atoms with van der Waals surface area (Å²) in [6, 6.07) is -3.98. The van der Waals surface area contributed by atoms with Crippen molar-refractivity contribution in [2.45, 2.75) is 110 Å². The van der Waals surface area contributed by atoms with Crippen molar-refractivity contribution in [3.63, 3.8) is 0 Å². The van der Waals surface area contributed by atoms with Gasteiger partial charge in [-0.15, -0.1) is 0 Å². The topological polar surface area (TPSA) is 174 Å². The summed E-state index contributed by atoms with van der Waals surface area (Å²) >= 11 is 0. The van der Waals surface area contributed by atoms with Crippen molar-refractivity contribution in [1.82, 2.24) is 30.5 Å². The third kappa shape index (κ3) is 10.1. The minimum Gasteiger partial charge on any atom is -0.353 e. The highest BCUT2D eigenvalue weighted by molar-refractivity contribution is 7.89. The third-order valence-electron chi connectivity index (χ3n) is 10.2. The second-order valence-corrected chi connectivity index (χ2v) is 17.5. The van der Waals surface area contributed by atoms with Gasteiger partial charge in [0.15, 0.2) is 0 Å². The van der Waals surface area contributed by atoms with Gasteiger partial charge in [-0.1, -0.05) is 63.8 Å². The highest BCUT2D eigenvalue weighted by Crippen LogP contribution is 2.33. The summed E-state index contributed by atoms with van der Waals surface area (Å²) < 4.78 is 26.6. The smallest absolute Gasteiger partial charge is 0.315 e. The Morgan fingerprint density at radius 3 is 2.14 bits per heavy atom. The van der Waals surface area contributed by atoms with Gasteiger partial charge in [0.25, 0.3) is 5.91 Å². The summed E-state index contributed by atoms with van der Waals surface area (Å²) in [4.78, 5) is 69.2. The van der Waals surface area contributed by atoms with Gasteiger partial charge in [0, 0.05) is 38.6 Å². The van der Waals surface area contributed by atoms with Gasteiger partial charge >= 0.3 is 6.03 Å². The van der Waals surface area contributed by atoms with Crippen LogP contribution in [0.1, 0.15) is 86.0 Å². The second kappa shape index (κ2) is 16.2. The van der Waals surface area contributed by atoms with Crippen LogP contribution in [0.15, 0.2) is 23.8 Å². The van der Waals surface area contributed by atoms with E-state index in [4.69, 9.17) is 0 Å². The van der Waals surface area contributed by atoms with Gasteiger partial charge in [-0.3, -0.25) is 19.2 Å². The predicted octanol–water partition coefficient (Wildman–Crippen LogP) is 2.24. The number of sulfonamides is 1. The van der Waals surface area contributed by atoms with Gasteiger partial charge in [0.1, 0.15) is 12.1 Å². The van der Waals surface area contributed by atoms with E-state index in [-0.39, 0.29) is 48.9 Å². The molecule has 0 aromatic rings. The molecule has 4 N–H and O–H groups in total. The Hall–Kier alpha value is -3.26. The molecule has 0 bridgehead atoms. The van der Waals surface area contributed by atoms with Crippen LogP contribution < -0.4 is 21.3 Å². The fourth-order valence-electron chi connectivity index (χ4n) is 7.28. The number of ketones is 1. The van der Waals surface area contributed by atoms with Crippen LogP contribution in [0.3, 0.4) is 0 Å². The number of rotatable bonds is 13. The van der Waals surface area contributed by atoms with E-state index in [2.05, 4.69) is 21.3 Å². The van der Waals surface area contributed by atoms with Crippen molar-refractivity contribution >= 4 is 39.6 Å². The molecule has 0 radical (unpaired) electrons. The molecular formula is C35H56N6O7S. The van der Waals surface area contributed by atoms with Crippen LogP contribution in [0.2, 0.25) is 0 Å². The molecule has 4 aliphatic rings. The fourth-order valence-corrected chi connectivity index (χ4v) is 8.82. The van der Waals surface area contributed by atoms with E-state index in [1.165, 1.54) is 16.3 Å². The number of nitrogens with zero attached hydrogens (tertiary/aromatic N) is 2. The number of allylic oxidation sites excluding steroid dienone is 3. The zero-order chi connectivity index (χ0) is 36.1. The molecule has 2 saturated heterocycles. The molecule has 13 nitrogen and oxygen atoms in total. The lowest BCUT2D eigenvalue weighted by Crippen LogP contribution is -2.61. The van der Waals surface area contributed by atoms with Crippen LogP contribution in [0.5, 0.6) is 0 Å². The normalized spacial score (nSPS) is 24.4. The number of carbonyl (C=O) groups excluding carboxylic acids is 5. The molecule has 3 fully saturated rings. The Morgan fingerprint density at radius 1 is 0.918 bits per heavy atom. The molecule has 5 amide bonds. The quantitative estimate of drug-likeness (QED) is 0.168. The van der Waals surface area contributed by atoms with Crippen LogP contribution >= 0.6 is 0 Å². The maximum atomic E-state index is 14.6. The molecule has 1 saturated carbocycles. The van der Waals surface area contributed by atoms with Crippen molar-refractivity contribution in [1.29, 1.82) is 0 Å². The minimum absolute atomic E-state index is 0.00898. The van der Waals surface area contributed by atoms with E-state index >= 15 is 0 Å². The summed E-state index contributed by atoms with van der Waals surface area (Å²) in [6.45, 7) is 10.5. The third-order valence-corrected chi connectivity index (χ3v) is 12.1. The first-order valence-electron chi connectivity index (χ1n) is 17.8. The second-order valence-electron chi connectivity index (χ2n) is 15.4. The number of likely N-dealkylation sites (N-methyl/N-ethyl adjacent to an activating group) is 1. The molecule has 274 valence electrons. The Bertz CT molecular complexity index is 1420. The zero-order valence-corrected chi connectivity index (χ0v) is 30.7. The lowest BCUT2D eigenvalue weighted by molar-refractivity contribution is -0.143. The fraction of sp³-hybridized carbons (Fsp3) is 0.743. The Morgan fingerprint density at radius 2 is 1.59 bits per heavy atom.